The topological polar surface area (TPSA) is 46.4 Å². The predicted molar refractivity (Wildman–Crippen MR) is 178 cm³/mol. The molecule has 0 atom stereocenters. The smallest absolute Gasteiger partial charge is 0.221 e. The average molecular weight is 568 g/mol. The minimum atomic E-state index is 0.00319. The van der Waals surface area contributed by atoms with Crippen molar-refractivity contribution in [2.24, 2.45) is 0 Å². The van der Waals surface area contributed by atoms with E-state index in [0.717, 1.165) is 51.4 Å². The molecular weight excluding hydrogens is 530 g/mol. The van der Waals surface area contributed by atoms with Gasteiger partial charge in [0.1, 0.15) is 11.6 Å². The molecule has 0 fully saturated rings. The fourth-order valence-electron chi connectivity index (χ4n) is 6.07. The lowest BCUT2D eigenvalue weighted by atomic mass is 9.88. The summed E-state index contributed by atoms with van der Waals surface area (Å²) in [6.45, 7) is 13.9. The standard InChI is InChI=1S/C37H37N5O/c1-23-16-27(41-22-40(7)32-18-24(2)25(3)19-33(32)41)21-28(17-23)43-35-13-12-30-29-10-8-9-11-31(29)42(36(30)39-35)34-20-26(14-15-38-34)37(4,5)6/h8-21H,22H2,1-7H3. The van der Waals surface area contributed by atoms with Crippen LogP contribution in [0.25, 0.3) is 27.8 Å². The maximum Gasteiger partial charge on any atom is 0.221 e. The van der Waals surface area contributed by atoms with Gasteiger partial charge in [-0.15, -0.1) is 0 Å². The summed E-state index contributed by atoms with van der Waals surface area (Å²) < 4.78 is 8.65. The minimum absolute atomic E-state index is 0.00319. The molecule has 0 saturated carbocycles. The van der Waals surface area contributed by atoms with Gasteiger partial charge in [0, 0.05) is 41.8 Å². The van der Waals surface area contributed by atoms with Crippen molar-refractivity contribution >= 4 is 39.0 Å². The van der Waals surface area contributed by atoms with Gasteiger partial charge in [0.25, 0.3) is 0 Å². The Labute approximate surface area is 253 Å². The van der Waals surface area contributed by atoms with Gasteiger partial charge < -0.3 is 14.5 Å². The van der Waals surface area contributed by atoms with Gasteiger partial charge in [-0.25, -0.2) is 4.98 Å². The lowest BCUT2D eigenvalue weighted by Gasteiger charge is -2.21. The van der Waals surface area contributed by atoms with E-state index in [4.69, 9.17) is 14.7 Å². The molecule has 0 aliphatic carbocycles. The van der Waals surface area contributed by atoms with Crippen molar-refractivity contribution in [2.75, 3.05) is 23.5 Å². The fraction of sp³-hybridized carbons (Fsp3) is 0.243. The maximum absolute atomic E-state index is 6.50. The molecule has 1 aliphatic heterocycles. The number of pyridine rings is 2. The summed E-state index contributed by atoms with van der Waals surface area (Å²) in [5.41, 5.74) is 10.4. The molecule has 6 heteroatoms. The number of para-hydroxylation sites is 1. The number of anilines is 3. The summed E-state index contributed by atoms with van der Waals surface area (Å²) in [5.74, 6) is 2.16. The van der Waals surface area contributed by atoms with Crippen molar-refractivity contribution in [3.8, 4) is 17.4 Å². The molecule has 0 bridgehead atoms. The molecule has 4 heterocycles. The minimum Gasteiger partial charge on any atom is -0.439 e. The van der Waals surface area contributed by atoms with E-state index in [1.165, 1.54) is 28.1 Å². The molecule has 0 amide bonds. The number of hydrogen-bond donors (Lipinski definition) is 0. The first-order chi connectivity index (χ1) is 20.6. The van der Waals surface area contributed by atoms with Crippen LogP contribution < -0.4 is 14.5 Å². The number of rotatable bonds is 4. The second kappa shape index (κ2) is 9.87. The number of ether oxygens (including phenoxy) is 1. The van der Waals surface area contributed by atoms with E-state index in [-0.39, 0.29) is 5.41 Å². The zero-order valence-electron chi connectivity index (χ0n) is 25.9. The molecule has 1 aliphatic rings. The third-order valence-corrected chi connectivity index (χ3v) is 8.55. The van der Waals surface area contributed by atoms with Crippen molar-refractivity contribution < 1.29 is 4.74 Å². The number of benzene rings is 3. The maximum atomic E-state index is 6.50. The molecule has 7 rings (SSSR count). The van der Waals surface area contributed by atoms with Crippen molar-refractivity contribution in [3.63, 3.8) is 0 Å². The number of fused-ring (bicyclic) bond motifs is 4. The van der Waals surface area contributed by atoms with Crippen molar-refractivity contribution in [1.82, 2.24) is 14.5 Å². The fourth-order valence-corrected chi connectivity index (χ4v) is 6.07. The highest BCUT2D eigenvalue weighted by Crippen LogP contribution is 2.43. The van der Waals surface area contributed by atoms with E-state index in [0.29, 0.717) is 5.88 Å². The SMILES string of the molecule is Cc1cc(Oc2ccc3c4ccccc4n(-c4cc(C(C)(C)C)ccn4)c3n2)cc(N2CN(C)c3cc(C)c(C)cc32)c1. The Morgan fingerprint density at radius 3 is 2.35 bits per heavy atom. The van der Waals surface area contributed by atoms with Gasteiger partial charge in [-0.05, 0) is 97.0 Å². The van der Waals surface area contributed by atoms with Gasteiger partial charge >= 0.3 is 0 Å². The highest BCUT2D eigenvalue weighted by molar-refractivity contribution is 6.07. The van der Waals surface area contributed by atoms with Crippen LogP contribution in [-0.4, -0.2) is 28.3 Å². The first-order valence-electron chi connectivity index (χ1n) is 14.8. The molecule has 3 aromatic heterocycles. The van der Waals surface area contributed by atoms with Crippen LogP contribution in [0, 0.1) is 20.8 Å². The van der Waals surface area contributed by atoms with Crippen LogP contribution in [0.5, 0.6) is 11.6 Å². The lowest BCUT2D eigenvalue weighted by molar-refractivity contribution is 0.464. The molecule has 0 radical (unpaired) electrons. The summed E-state index contributed by atoms with van der Waals surface area (Å²) in [6.07, 6.45) is 1.89. The van der Waals surface area contributed by atoms with E-state index < -0.39 is 0 Å². The molecule has 0 unspecified atom stereocenters. The Hall–Kier alpha value is -4.84. The van der Waals surface area contributed by atoms with Crippen LogP contribution >= 0.6 is 0 Å². The third kappa shape index (κ3) is 4.67. The molecule has 0 spiro atoms. The van der Waals surface area contributed by atoms with Crippen LogP contribution in [0.3, 0.4) is 0 Å². The first-order valence-corrected chi connectivity index (χ1v) is 14.8. The van der Waals surface area contributed by atoms with E-state index in [2.05, 4.69) is 136 Å². The van der Waals surface area contributed by atoms with Crippen LogP contribution in [-0.2, 0) is 5.41 Å². The van der Waals surface area contributed by atoms with E-state index in [1.807, 2.05) is 12.3 Å². The van der Waals surface area contributed by atoms with Gasteiger partial charge in [-0.2, -0.15) is 4.98 Å². The molecule has 6 aromatic rings. The first kappa shape index (κ1) is 27.0. The number of hydrogen-bond acceptors (Lipinski definition) is 5. The highest BCUT2D eigenvalue weighted by atomic mass is 16.5. The molecule has 0 saturated heterocycles. The van der Waals surface area contributed by atoms with Crippen molar-refractivity contribution in [1.29, 1.82) is 0 Å². The number of aryl methyl sites for hydroxylation is 3. The van der Waals surface area contributed by atoms with Gasteiger partial charge in [0.15, 0.2) is 5.65 Å². The second-order valence-corrected chi connectivity index (χ2v) is 12.8. The summed E-state index contributed by atoms with van der Waals surface area (Å²) in [6, 6.07) is 27.7. The Morgan fingerprint density at radius 2 is 1.56 bits per heavy atom. The zero-order valence-corrected chi connectivity index (χ0v) is 25.9. The van der Waals surface area contributed by atoms with Crippen LogP contribution in [0.2, 0.25) is 0 Å². The Balaban J connectivity index is 1.31. The largest absolute Gasteiger partial charge is 0.439 e. The summed E-state index contributed by atoms with van der Waals surface area (Å²) >= 11 is 0. The van der Waals surface area contributed by atoms with Crippen LogP contribution in [0.4, 0.5) is 17.1 Å². The molecule has 3 aromatic carbocycles. The summed E-state index contributed by atoms with van der Waals surface area (Å²) in [7, 11) is 2.14. The molecule has 216 valence electrons. The Kier molecular flexibility index (Phi) is 6.20. The third-order valence-electron chi connectivity index (χ3n) is 8.55. The van der Waals surface area contributed by atoms with Gasteiger partial charge in [0.05, 0.1) is 23.6 Å². The molecule has 6 nitrogen and oxygen atoms in total. The highest BCUT2D eigenvalue weighted by Gasteiger charge is 2.26. The van der Waals surface area contributed by atoms with Crippen LogP contribution in [0.1, 0.15) is 43.0 Å². The second-order valence-electron chi connectivity index (χ2n) is 12.8. The van der Waals surface area contributed by atoms with Gasteiger partial charge in [-0.3, -0.25) is 4.57 Å². The van der Waals surface area contributed by atoms with Crippen LogP contribution in [0.15, 0.2) is 85.1 Å². The Morgan fingerprint density at radius 1 is 0.791 bits per heavy atom. The van der Waals surface area contributed by atoms with Crippen molar-refractivity contribution in [3.05, 3.63) is 107 Å². The number of aromatic nitrogens is 3. The summed E-state index contributed by atoms with van der Waals surface area (Å²) in [5, 5.41) is 2.21. The molecule has 0 N–H and O–H groups in total. The van der Waals surface area contributed by atoms with E-state index in [1.54, 1.807) is 0 Å². The quantitative estimate of drug-likeness (QED) is 0.213. The predicted octanol–water partition coefficient (Wildman–Crippen LogP) is 9.13. The molecule has 43 heavy (non-hydrogen) atoms. The lowest BCUT2D eigenvalue weighted by Crippen LogP contribution is -2.24. The zero-order chi connectivity index (χ0) is 30.0. The molecular formula is C37H37N5O. The monoisotopic (exact) mass is 567 g/mol. The van der Waals surface area contributed by atoms with E-state index in [9.17, 15) is 0 Å². The van der Waals surface area contributed by atoms with E-state index >= 15 is 0 Å². The normalized spacial score (nSPS) is 13.3. The number of nitrogens with zero attached hydrogens (tertiary/aromatic N) is 5. The Bertz CT molecular complexity index is 2030. The average Bonchev–Trinajstić information content (AvgIpc) is 3.46. The van der Waals surface area contributed by atoms with Gasteiger partial charge in [-0.1, -0.05) is 39.0 Å². The summed E-state index contributed by atoms with van der Waals surface area (Å²) in [4.78, 5) is 14.5. The van der Waals surface area contributed by atoms with Crippen molar-refractivity contribution in [2.45, 2.75) is 47.0 Å². The van der Waals surface area contributed by atoms with Gasteiger partial charge in [0.2, 0.25) is 5.88 Å².